The summed E-state index contributed by atoms with van der Waals surface area (Å²) >= 11 is 0. The SMILES string of the molecule is Cc1cccc(C)c1-n1nnnc1CN(C)CC(O)C(F)(F)F. The number of aromatic nitrogens is 4. The van der Waals surface area contributed by atoms with Crippen LogP contribution in [0.4, 0.5) is 13.2 Å². The molecule has 23 heavy (non-hydrogen) atoms. The van der Waals surface area contributed by atoms with E-state index in [1.165, 1.54) is 16.6 Å². The molecular weight excluding hydrogens is 311 g/mol. The molecule has 0 fully saturated rings. The Balaban J connectivity index is 2.19. The van der Waals surface area contributed by atoms with E-state index in [4.69, 9.17) is 5.11 Å². The number of hydrogen-bond acceptors (Lipinski definition) is 5. The lowest BCUT2D eigenvalue weighted by atomic mass is 10.1. The van der Waals surface area contributed by atoms with Gasteiger partial charge >= 0.3 is 6.18 Å². The number of nitrogens with zero attached hydrogens (tertiary/aromatic N) is 5. The van der Waals surface area contributed by atoms with Gasteiger partial charge in [0.15, 0.2) is 11.9 Å². The van der Waals surface area contributed by atoms with Crippen molar-refractivity contribution in [3.05, 3.63) is 35.2 Å². The molecule has 0 aliphatic carbocycles. The van der Waals surface area contributed by atoms with Crippen molar-refractivity contribution >= 4 is 0 Å². The lowest BCUT2D eigenvalue weighted by Crippen LogP contribution is -2.39. The lowest BCUT2D eigenvalue weighted by Gasteiger charge is -2.22. The number of likely N-dealkylation sites (N-methyl/N-ethyl adjacent to an activating group) is 1. The zero-order valence-electron chi connectivity index (χ0n) is 13.0. The van der Waals surface area contributed by atoms with Gasteiger partial charge in [0.2, 0.25) is 0 Å². The van der Waals surface area contributed by atoms with Crippen LogP contribution in [0.5, 0.6) is 0 Å². The molecule has 1 heterocycles. The maximum Gasteiger partial charge on any atom is 0.415 e. The van der Waals surface area contributed by atoms with Gasteiger partial charge in [-0.05, 0) is 42.4 Å². The maximum absolute atomic E-state index is 12.4. The molecule has 2 rings (SSSR count). The predicted molar refractivity (Wildman–Crippen MR) is 77.0 cm³/mol. The van der Waals surface area contributed by atoms with Crippen LogP contribution in [0, 0.1) is 13.8 Å². The van der Waals surface area contributed by atoms with E-state index in [1.807, 2.05) is 32.0 Å². The number of hydrogen-bond donors (Lipinski definition) is 1. The summed E-state index contributed by atoms with van der Waals surface area (Å²) in [5.41, 5.74) is 2.71. The fourth-order valence-corrected chi connectivity index (χ4v) is 2.32. The summed E-state index contributed by atoms with van der Waals surface area (Å²) in [6.07, 6.45) is -7.05. The van der Waals surface area contributed by atoms with Crippen LogP contribution in [0.15, 0.2) is 18.2 Å². The van der Waals surface area contributed by atoms with E-state index in [1.54, 1.807) is 0 Å². The first-order chi connectivity index (χ1) is 10.7. The zero-order valence-corrected chi connectivity index (χ0v) is 13.0. The lowest BCUT2D eigenvalue weighted by molar-refractivity contribution is -0.207. The second kappa shape index (κ2) is 6.63. The average Bonchev–Trinajstić information content (AvgIpc) is 2.85. The van der Waals surface area contributed by atoms with Crippen LogP contribution in [-0.2, 0) is 6.54 Å². The van der Waals surface area contributed by atoms with Gasteiger partial charge in [0.1, 0.15) is 0 Å². The van der Waals surface area contributed by atoms with Crippen LogP contribution >= 0.6 is 0 Å². The third-order valence-corrected chi connectivity index (χ3v) is 3.46. The average molecular weight is 329 g/mol. The molecule has 0 spiro atoms. The highest BCUT2D eigenvalue weighted by Gasteiger charge is 2.38. The van der Waals surface area contributed by atoms with Gasteiger partial charge in [-0.3, -0.25) is 4.90 Å². The number of aryl methyl sites for hydroxylation is 2. The first kappa shape index (κ1) is 17.4. The second-order valence-electron chi connectivity index (χ2n) is 5.50. The largest absolute Gasteiger partial charge is 0.415 e. The molecule has 6 nitrogen and oxygen atoms in total. The van der Waals surface area contributed by atoms with Gasteiger partial charge in [-0.25, -0.2) is 0 Å². The Hall–Kier alpha value is -2.00. The normalized spacial score (nSPS) is 13.6. The topological polar surface area (TPSA) is 67.1 Å². The Kier molecular flexibility index (Phi) is 5.00. The van der Waals surface area contributed by atoms with Gasteiger partial charge in [-0.15, -0.1) is 5.10 Å². The molecule has 1 aromatic carbocycles. The first-order valence-corrected chi connectivity index (χ1v) is 6.97. The van der Waals surface area contributed by atoms with E-state index < -0.39 is 18.8 Å². The standard InChI is InChI=1S/C14H18F3N5O/c1-9-5-4-6-10(2)13(9)22-12(18-19-20-22)8-21(3)7-11(23)14(15,16)17/h4-6,11,23H,7-8H2,1-3H3. The summed E-state index contributed by atoms with van der Waals surface area (Å²) in [6, 6.07) is 5.72. The quantitative estimate of drug-likeness (QED) is 0.903. The van der Waals surface area contributed by atoms with Crippen molar-refractivity contribution in [2.75, 3.05) is 13.6 Å². The molecule has 0 radical (unpaired) electrons. The van der Waals surface area contributed by atoms with Crippen LogP contribution in [0.3, 0.4) is 0 Å². The van der Waals surface area contributed by atoms with Crippen molar-refractivity contribution in [1.82, 2.24) is 25.1 Å². The van der Waals surface area contributed by atoms with Crippen LogP contribution in [-0.4, -0.2) is 56.1 Å². The molecule has 0 saturated carbocycles. The fraction of sp³-hybridized carbons (Fsp3) is 0.500. The summed E-state index contributed by atoms with van der Waals surface area (Å²) in [4.78, 5) is 1.33. The van der Waals surface area contributed by atoms with Crippen molar-refractivity contribution in [1.29, 1.82) is 0 Å². The molecule has 126 valence electrons. The molecule has 9 heteroatoms. The highest BCUT2D eigenvalue weighted by molar-refractivity contribution is 5.46. The van der Waals surface area contributed by atoms with Crippen LogP contribution in [0.2, 0.25) is 0 Å². The van der Waals surface area contributed by atoms with Crippen molar-refractivity contribution < 1.29 is 18.3 Å². The molecule has 1 unspecified atom stereocenters. The van der Waals surface area contributed by atoms with Gasteiger partial charge in [-0.1, -0.05) is 18.2 Å². The minimum absolute atomic E-state index is 0.0773. The summed E-state index contributed by atoms with van der Waals surface area (Å²) in [7, 11) is 1.47. The Morgan fingerprint density at radius 2 is 1.87 bits per heavy atom. The summed E-state index contributed by atoms with van der Waals surface area (Å²) < 4.78 is 38.8. The van der Waals surface area contributed by atoms with Crippen molar-refractivity contribution in [3.63, 3.8) is 0 Å². The van der Waals surface area contributed by atoms with E-state index in [0.29, 0.717) is 5.82 Å². The second-order valence-corrected chi connectivity index (χ2v) is 5.50. The zero-order chi connectivity index (χ0) is 17.2. The van der Waals surface area contributed by atoms with Crippen LogP contribution in [0.25, 0.3) is 5.69 Å². The summed E-state index contributed by atoms with van der Waals surface area (Å²) in [5.74, 6) is 0.402. The minimum Gasteiger partial charge on any atom is -0.382 e. The van der Waals surface area contributed by atoms with Crippen molar-refractivity contribution in [2.24, 2.45) is 0 Å². The molecule has 0 saturated heterocycles. The maximum atomic E-state index is 12.4. The Bertz CT molecular complexity index is 650. The Labute approximate surface area is 131 Å². The van der Waals surface area contributed by atoms with Gasteiger partial charge < -0.3 is 5.11 Å². The van der Waals surface area contributed by atoms with E-state index in [9.17, 15) is 13.2 Å². The number of halogens is 3. The number of para-hydroxylation sites is 1. The van der Waals surface area contributed by atoms with Gasteiger partial charge in [0, 0.05) is 6.54 Å². The summed E-state index contributed by atoms with van der Waals surface area (Å²) in [5, 5.41) is 20.6. The molecular formula is C14H18F3N5O. The Morgan fingerprint density at radius 3 is 2.43 bits per heavy atom. The molecule has 0 bridgehead atoms. The molecule has 1 aromatic heterocycles. The number of tetrazole rings is 1. The van der Waals surface area contributed by atoms with Crippen molar-refractivity contribution in [3.8, 4) is 5.69 Å². The van der Waals surface area contributed by atoms with Gasteiger partial charge in [-0.2, -0.15) is 17.9 Å². The molecule has 1 N–H and O–H groups in total. The predicted octanol–water partition coefficient (Wildman–Crippen LogP) is 1.63. The van der Waals surface area contributed by atoms with E-state index in [0.717, 1.165) is 16.8 Å². The van der Waals surface area contributed by atoms with E-state index >= 15 is 0 Å². The number of rotatable bonds is 5. The first-order valence-electron chi connectivity index (χ1n) is 6.97. The van der Waals surface area contributed by atoms with Crippen molar-refractivity contribution in [2.45, 2.75) is 32.7 Å². The van der Waals surface area contributed by atoms with E-state index in [2.05, 4.69) is 15.5 Å². The fourth-order valence-electron chi connectivity index (χ4n) is 2.32. The molecule has 1 atom stereocenters. The third-order valence-electron chi connectivity index (χ3n) is 3.46. The number of benzene rings is 1. The monoisotopic (exact) mass is 329 g/mol. The van der Waals surface area contributed by atoms with Gasteiger partial charge in [0.25, 0.3) is 0 Å². The Morgan fingerprint density at radius 1 is 1.26 bits per heavy atom. The number of alkyl halides is 3. The van der Waals surface area contributed by atoms with Gasteiger partial charge in [0.05, 0.1) is 12.2 Å². The molecule has 0 amide bonds. The molecule has 2 aromatic rings. The molecule has 0 aliphatic heterocycles. The summed E-state index contributed by atoms with van der Waals surface area (Å²) in [6.45, 7) is 3.34. The highest BCUT2D eigenvalue weighted by atomic mass is 19.4. The molecule has 0 aliphatic rings. The smallest absolute Gasteiger partial charge is 0.382 e. The van der Waals surface area contributed by atoms with Crippen LogP contribution in [0.1, 0.15) is 17.0 Å². The third kappa shape index (κ3) is 4.05. The highest BCUT2D eigenvalue weighted by Crippen LogP contribution is 2.22. The van der Waals surface area contributed by atoms with E-state index in [-0.39, 0.29) is 6.54 Å². The minimum atomic E-state index is -4.65. The number of aliphatic hydroxyl groups excluding tert-OH is 1. The number of aliphatic hydroxyl groups is 1. The van der Waals surface area contributed by atoms with Crippen LogP contribution < -0.4 is 0 Å².